The van der Waals surface area contributed by atoms with Gasteiger partial charge < -0.3 is 15.0 Å². The molecule has 166 valence electrons. The number of carbonyl (C=O) groups is 2. The molecule has 0 heterocycles. The molecule has 2 amide bonds. The molecule has 0 aliphatic heterocycles. The predicted molar refractivity (Wildman–Crippen MR) is 118 cm³/mol. The number of nitrogens with zero attached hydrogens (tertiary/aromatic N) is 1. The maximum absolute atomic E-state index is 13.9. The number of hydrogen-bond acceptors (Lipinski definition) is 3. The van der Waals surface area contributed by atoms with Crippen molar-refractivity contribution in [3.63, 3.8) is 0 Å². The van der Waals surface area contributed by atoms with Crippen LogP contribution in [0.15, 0.2) is 54.6 Å². The van der Waals surface area contributed by atoms with Crippen LogP contribution in [-0.2, 0) is 16.0 Å². The highest BCUT2D eigenvalue weighted by Crippen LogP contribution is 2.19. The summed E-state index contributed by atoms with van der Waals surface area (Å²) in [7, 11) is 0. The van der Waals surface area contributed by atoms with Gasteiger partial charge in [-0.25, -0.2) is 4.39 Å². The van der Waals surface area contributed by atoms with Gasteiger partial charge in [-0.15, -0.1) is 0 Å². The Hall–Kier alpha value is -2.89. The topological polar surface area (TPSA) is 58.6 Å². The Labute approximate surface area is 183 Å². The van der Waals surface area contributed by atoms with Crippen LogP contribution in [0.2, 0.25) is 0 Å². The number of hydrogen-bond donors (Lipinski definition) is 1. The monoisotopic (exact) mass is 426 g/mol. The molecule has 5 nitrogen and oxygen atoms in total. The van der Waals surface area contributed by atoms with Crippen molar-refractivity contribution >= 4 is 11.8 Å². The second kappa shape index (κ2) is 11.5. The molecule has 1 saturated carbocycles. The maximum Gasteiger partial charge on any atom is 0.261 e. The van der Waals surface area contributed by atoms with Crippen molar-refractivity contribution in [2.24, 2.45) is 0 Å². The lowest BCUT2D eigenvalue weighted by molar-refractivity contribution is -0.142. The number of ether oxygens (including phenoxy) is 1. The van der Waals surface area contributed by atoms with Gasteiger partial charge in [-0.1, -0.05) is 62.2 Å². The van der Waals surface area contributed by atoms with E-state index in [1.807, 2.05) is 37.3 Å². The van der Waals surface area contributed by atoms with Crippen LogP contribution in [0, 0.1) is 5.82 Å². The number of carbonyl (C=O) groups excluding carboxylic acids is 2. The maximum atomic E-state index is 13.9. The van der Waals surface area contributed by atoms with Gasteiger partial charge in [-0.05, 0) is 43.4 Å². The summed E-state index contributed by atoms with van der Waals surface area (Å²) in [5.41, 5.74) is 1.08. The molecule has 1 aliphatic rings. The third-order valence-electron chi connectivity index (χ3n) is 5.76. The van der Waals surface area contributed by atoms with Crippen molar-refractivity contribution in [1.29, 1.82) is 0 Å². The fourth-order valence-corrected chi connectivity index (χ4v) is 4.05. The van der Waals surface area contributed by atoms with E-state index >= 15 is 0 Å². The zero-order valence-corrected chi connectivity index (χ0v) is 18.1. The summed E-state index contributed by atoms with van der Waals surface area (Å²) in [4.78, 5) is 27.7. The third kappa shape index (κ3) is 6.54. The van der Waals surface area contributed by atoms with Crippen molar-refractivity contribution in [2.45, 2.75) is 57.5 Å². The van der Waals surface area contributed by atoms with Crippen LogP contribution in [0.3, 0.4) is 0 Å². The minimum atomic E-state index is -0.582. The predicted octanol–water partition coefficient (Wildman–Crippen LogP) is 4.11. The zero-order chi connectivity index (χ0) is 22.1. The molecule has 3 rings (SSSR count). The number of halogens is 1. The van der Waals surface area contributed by atoms with Gasteiger partial charge in [0.05, 0.1) is 0 Å². The van der Waals surface area contributed by atoms with E-state index in [9.17, 15) is 14.0 Å². The molecular formula is C25H31FN2O3. The molecule has 6 heteroatoms. The van der Waals surface area contributed by atoms with E-state index in [0.717, 1.165) is 31.2 Å². The van der Waals surface area contributed by atoms with Crippen molar-refractivity contribution in [2.75, 3.05) is 13.2 Å². The van der Waals surface area contributed by atoms with Gasteiger partial charge in [0.2, 0.25) is 5.91 Å². The van der Waals surface area contributed by atoms with Gasteiger partial charge in [0.1, 0.15) is 6.04 Å². The van der Waals surface area contributed by atoms with Crippen molar-refractivity contribution in [1.82, 2.24) is 10.2 Å². The van der Waals surface area contributed by atoms with Gasteiger partial charge in [-0.3, -0.25) is 9.59 Å². The Morgan fingerprint density at radius 2 is 1.77 bits per heavy atom. The van der Waals surface area contributed by atoms with Crippen LogP contribution in [0.1, 0.15) is 44.6 Å². The first-order valence-corrected chi connectivity index (χ1v) is 11.1. The molecule has 0 aromatic heterocycles. The fraction of sp³-hybridized carbons (Fsp3) is 0.440. The first kappa shape index (κ1) is 22.8. The van der Waals surface area contributed by atoms with Crippen LogP contribution < -0.4 is 10.1 Å². The van der Waals surface area contributed by atoms with E-state index in [2.05, 4.69) is 5.32 Å². The minimum absolute atomic E-state index is 0.0299. The molecule has 1 atom stereocenters. The minimum Gasteiger partial charge on any atom is -0.481 e. The van der Waals surface area contributed by atoms with E-state index in [-0.39, 0.29) is 30.2 Å². The Morgan fingerprint density at radius 3 is 2.45 bits per heavy atom. The average Bonchev–Trinajstić information content (AvgIpc) is 3.29. The molecule has 0 unspecified atom stereocenters. The highest BCUT2D eigenvalue weighted by Gasteiger charge is 2.30. The summed E-state index contributed by atoms with van der Waals surface area (Å²) < 4.78 is 19.3. The Morgan fingerprint density at radius 1 is 1.10 bits per heavy atom. The van der Waals surface area contributed by atoms with E-state index < -0.39 is 11.9 Å². The van der Waals surface area contributed by atoms with Gasteiger partial charge in [-0.2, -0.15) is 0 Å². The quantitative estimate of drug-likeness (QED) is 0.622. The third-order valence-corrected chi connectivity index (χ3v) is 5.76. The highest BCUT2D eigenvalue weighted by molar-refractivity contribution is 5.88. The van der Waals surface area contributed by atoms with E-state index in [1.165, 1.54) is 12.1 Å². The van der Waals surface area contributed by atoms with Crippen LogP contribution in [0.25, 0.3) is 0 Å². The average molecular weight is 427 g/mol. The van der Waals surface area contributed by atoms with Gasteiger partial charge >= 0.3 is 0 Å². The Kier molecular flexibility index (Phi) is 8.44. The van der Waals surface area contributed by atoms with Gasteiger partial charge in [0, 0.05) is 12.6 Å². The second-order valence-corrected chi connectivity index (χ2v) is 7.96. The molecule has 1 fully saturated rings. The van der Waals surface area contributed by atoms with Crippen molar-refractivity contribution < 1.29 is 18.7 Å². The number of amides is 2. The second-order valence-electron chi connectivity index (χ2n) is 7.96. The summed E-state index contributed by atoms with van der Waals surface area (Å²) in [6, 6.07) is 15.4. The lowest BCUT2D eigenvalue weighted by atomic mass is 10.1. The molecule has 1 N–H and O–H groups in total. The summed E-state index contributed by atoms with van der Waals surface area (Å²) in [6.07, 6.45) is 5.33. The number of para-hydroxylation sites is 1. The van der Waals surface area contributed by atoms with Gasteiger partial charge in [0.15, 0.2) is 18.2 Å². The SMILES string of the molecule is CC[C@H](C(=O)NC1CCCC1)N(CCc1ccccc1)C(=O)COc1ccccc1F. The van der Waals surface area contributed by atoms with E-state index in [1.54, 1.807) is 17.0 Å². The molecule has 2 aromatic carbocycles. The van der Waals surface area contributed by atoms with Crippen molar-refractivity contribution in [3.05, 3.63) is 66.0 Å². The Bertz CT molecular complexity index is 853. The number of benzene rings is 2. The summed E-state index contributed by atoms with van der Waals surface area (Å²) >= 11 is 0. The summed E-state index contributed by atoms with van der Waals surface area (Å²) in [6.45, 7) is 1.97. The molecule has 0 saturated heterocycles. The van der Waals surface area contributed by atoms with E-state index in [4.69, 9.17) is 4.74 Å². The summed E-state index contributed by atoms with van der Waals surface area (Å²) in [5.74, 6) is -0.936. The fourth-order valence-electron chi connectivity index (χ4n) is 4.05. The van der Waals surface area contributed by atoms with Crippen LogP contribution in [0.4, 0.5) is 4.39 Å². The zero-order valence-electron chi connectivity index (χ0n) is 18.1. The molecule has 31 heavy (non-hydrogen) atoms. The molecule has 1 aliphatic carbocycles. The van der Waals surface area contributed by atoms with Crippen molar-refractivity contribution in [3.8, 4) is 5.75 Å². The number of nitrogens with one attached hydrogen (secondary N) is 1. The van der Waals surface area contributed by atoms with E-state index in [0.29, 0.717) is 19.4 Å². The number of rotatable bonds is 10. The summed E-state index contributed by atoms with van der Waals surface area (Å²) in [5, 5.41) is 3.11. The smallest absolute Gasteiger partial charge is 0.261 e. The standard InChI is InChI=1S/C25H31FN2O3/c1-2-22(25(30)27-20-12-6-7-13-20)28(17-16-19-10-4-3-5-11-19)24(29)18-31-23-15-9-8-14-21(23)26/h3-5,8-11,14-15,20,22H,2,6-7,12-13,16-18H2,1H3,(H,27,30)/t22-/m1/s1. The molecule has 0 spiro atoms. The molecular weight excluding hydrogens is 395 g/mol. The lowest BCUT2D eigenvalue weighted by Gasteiger charge is -2.31. The van der Waals surface area contributed by atoms with Crippen LogP contribution in [0.5, 0.6) is 5.75 Å². The molecule has 0 bridgehead atoms. The first-order valence-electron chi connectivity index (χ1n) is 11.1. The Balaban J connectivity index is 1.70. The molecule has 0 radical (unpaired) electrons. The van der Waals surface area contributed by atoms with Gasteiger partial charge in [0.25, 0.3) is 5.91 Å². The van der Waals surface area contributed by atoms with Crippen LogP contribution >= 0.6 is 0 Å². The largest absolute Gasteiger partial charge is 0.481 e. The first-order chi connectivity index (χ1) is 15.1. The molecule has 2 aromatic rings. The normalized spacial score (nSPS) is 14.8. The van der Waals surface area contributed by atoms with Crippen LogP contribution in [-0.4, -0.2) is 41.9 Å². The highest BCUT2D eigenvalue weighted by atomic mass is 19.1. The lowest BCUT2D eigenvalue weighted by Crippen LogP contribution is -2.53.